The van der Waals surface area contributed by atoms with E-state index in [1.807, 2.05) is 0 Å². The zero-order valence-electron chi connectivity index (χ0n) is 10.6. The molecule has 1 aromatic carbocycles. The molecule has 0 radical (unpaired) electrons. The van der Waals surface area contributed by atoms with Crippen LogP contribution < -0.4 is 10.5 Å². The summed E-state index contributed by atoms with van der Waals surface area (Å²) in [6, 6.07) is 8.85. The third kappa shape index (κ3) is 4.20. The normalized spacial score (nSPS) is 11.2. The fourth-order valence-electron chi connectivity index (χ4n) is 1.69. The summed E-state index contributed by atoms with van der Waals surface area (Å²) in [5.41, 5.74) is 6.41. The summed E-state index contributed by atoms with van der Waals surface area (Å²) in [4.78, 5) is 4.04. The molecule has 0 aliphatic carbocycles. The Kier molecular flexibility index (Phi) is 4.19. The van der Waals surface area contributed by atoms with Gasteiger partial charge >= 0.3 is 0 Å². The van der Waals surface area contributed by atoms with E-state index in [1.165, 1.54) is 6.07 Å². The highest BCUT2D eigenvalue weighted by molar-refractivity contribution is 7.92. The zero-order chi connectivity index (χ0) is 14.6. The number of nitrogens with zero attached hydrogens (tertiary/aromatic N) is 1. The van der Waals surface area contributed by atoms with E-state index in [-0.39, 0.29) is 23.5 Å². The number of nitrogens with two attached hydrogens (primary N) is 1. The SMILES string of the molecule is Nc1cc(F)cc(NS(=O)(=O)CCc2ccccn2)c1. The van der Waals surface area contributed by atoms with Crippen LogP contribution in [0.4, 0.5) is 15.8 Å². The van der Waals surface area contributed by atoms with Crippen LogP contribution in [0.1, 0.15) is 5.69 Å². The first-order chi connectivity index (χ1) is 9.44. The lowest BCUT2D eigenvalue weighted by Crippen LogP contribution is -2.18. The van der Waals surface area contributed by atoms with Crippen LogP contribution in [0.5, 0.6) is 0 Å². The van der Waals surface area contributed by atoms with Gasteiger partial charge < -0.3 is 5.73 Å². The number of sulfonamides is 1. The van der Waals surface area contributed by atoms with Gasteiger partial charge in [0.1, 0.15) is 5.82 Å². The number of nitrogens with one attached hydrogen (secondary N) is 1. The Morgan fingerprint density at radius 2 is 2.05 bits per heavy atom. The van der Waals surface area contributed by atoms with Gasteiger partial charge in [-0.15, -0.1) is 0 Å². The van der Waals surface area contributed by atoms with Crippen LogP contribution in [0, 0.1) is 5.82 Å². The molecule has 0 fully saturated rings. The van der Waals surface area contributed by atoms with Crippen molar-refractivity contribution in [2.24, 2.45) is 0 Å². The van der Waals surface area contributed by atoms with Crippen molar-refractivity contribution >= 4 is 21.4 Å². The van der Waals surface area contributed by atoms with Gasteiger partial charge in [0.15, 0.2) is 0 Å². The molecule has 1 heterocycles. The van der Waals surface area contributed by atoms with E-state index in [9.17, 15) is 12.8 Å². The molecule has 20 heavy (non-hydrogen) atoms. The van der Waals surface area contributed by atoms with Gasteiger partial charge in [-0.25, -0.2) is 12.8 Å². The Morgan fingerprint density at radius 3 is 2.70 bits per heavy atom. The summed E-state index contributed by atoms with van der Waals surface area (Å²) in [5, 5.41) is 0. The van der Waals surface area contributed by atoms with Crippen molar-refractivity contribution in [1.29, 1.82) is 0 Å². The maximum Gasteiger partial charge on any atom is 0.233 e. The van der Waals surface area contributed by atoms with Crippen LogP contribution >= 0.6 is 0 Å². The molecule has 2 aromatic rings. The van der Waals surface area contributed by atoms with Gasteiger partial charge in [0.25, 0.3) is 0 Å². The molecule has 0 atom stereocenters. The third-order valence-electron chi connectivity index (χ3n) is 2.55. The number of benzene rings is 1. The first kappa shape index (κ1) is 14.3. The van der Waals surface area contributed by atoms with Crippen molar-refractivity contribution in [3.63, 3.8) is 0 Å². The predicted molar refractivity (Wildman–Crippen MR) is 76.2 cm³/mol. The molecule has 0 bridgehead atoms. The monoisotopic (exact) mass is 295 g/mol. The third-order valence-corrected chi connectivity index (χ3v) is 3.83. The Balaban J connectivity index is 2.04. The maximum absolute atomic E-state index is 13.1. The Bertz CT molecular complexity index is 670. The van der Waals surface area contributed by atoms with Gasteiger partial charge in [-0.1, -0.05) is 6.07 Å². The molecule has 1 aromatic heterocycles. The average molecular weight is 295 g/mol. The molecular weight excluding hydrogens is 281 g/mol. The van der Waals surface area contributed by atoms with Crippen LogP contribution in [-0.2, 0) is 16.4 Å². The Labute approximate surface area is 116 Å². The fraction of sp³-hybridized carbons (Fsp3) is 0.154. The Hall–Kier alpha value is -2.15. The molecule has 0 unspecified atom stereocenters. The second kappa shape index (κ2) is 5.87. The molecule has 106 valence electrons. The summed E-state index contributed by atoms with van der Waals surface area (Å²) in [6.45, 7) is 0. The highest BCUT2D eigenvalue weighted by Crippen LogP contribution is 2.17. The minimum atomic E-state index is -3.58. The lowest BCUT2D eigenvalue weighted by atomic mass is 10.3. The van der Waals surface area contributed by atoms with E-state index >= 15 is 0 Å². The van der Waals surface area contributed by atoms with Crippen molar-refractivity contribution in [3.05, 3.63) is 54.1 Å². The predicted octanol–water partition coefficient (Wildman–Crippen LogP) is 1.79. The maximum atomic E-state index is 13.1. The minimum absolute atomic E-state index is 0.114. The molecule has 5 nitrogen and oxygen atoms in total. The number of halogens is 1. The lowest BCUT2D eigenvalue weighted by Gasteiger charge is -2.08. The molecule has 0 saturated heterocycles. The van der Waals surface area contributed by atoms with Crippen molar-refractivity contribution in [3.8, 4) is 0 Å². The molecule has 2 rings (SSSR count). The number of pyridine rings is 1. The zero-order valence-corrected chi connectivity index (χ0v) is 11.4. The highest BCUT2D eigenvalue weighted by atomic mass is 32.2. The first-order valence-electron chi connectivity index (χ1n) is 5.91. The number of aryl methyl sites for hydroxylation is 1. The van der Waals surface area contributed by atoms with Crippen LogP contribution in [-0.4, -0.2) is 19.2 Å². The van der Waals surface area contributed by atoms with Gasteiger partial charge in [-0.3, -0.25) is 9.71 Å². The van der Waals surface area contributed by atoms with E-state index in [4.69, 9.17) is 5.73 Å². The van der Waals surface area contributed by atoms with Crippen LogP contribution in [0.3, 0.4) is 0 Å². The summed E-state index contributed by atoms with van der Waals surface area (Å²) < 4.78 is 39.2. The number of anilines is 2. The summed E-state index contributed by atoms with van der Waals surface area (Å²) >= 11 is 0. The second-order valence-electron chi connectivity index (χ2n) is 4.27. The molecule has 7 heteroatoms. The first-order valence-corrected chi connectivity index (χ1v) is 7.56. The van der Waals surface area contributed by atoms with E-state index in [1.54, 1.807) is 24.4 Å². The largest absolute Gasteiger partial charge is 0.399 e. The smallest absolute Gasteiger partial charge is 0.233 e. The standard InChI is InChI=1S/C13H14FN3O2S/c14-10-7-11(15)9-13(8-10)17-20(18,19)6-4-12-3-1-2-5-16-12/h1-3,5,7-9,17H,4,6,15H2. The van der Waals surface area contributed by atoms with Crippen molar-refractivity contribution in [2.75, 3.05) is 16.2 Å². The summed E-state index contributed by atoms with van der Waals surface area (Å²) in [7, 11) is -3.58. The van der Waals surface area contributed by atoms with Gasteiger partial charge in [0.05, 0.1) is 11.4 Å². The van der Waals surface area contributed by atoms with Gasteiger partial charge in [-0.05, 0) is 30.3 Å². The van der Waals surface area contributed by atoms with Gasteiger partial charge in [-0.2, -0.15) is 0 Å². The number of rotatable bonds is 5. The molecule has 0 spiro atoms. The van der Waals surface area contributed by atoms with Crippen LogP contribution in [0.15, 0.2) is 42.6 Å². The van der Waals surface area contributed by atoms with E-state index in [0.717, 1.165) is 12.1 Å². The molecule has 0 aliphatic heterocycles. The van der Waals surface area contributed by atoms with E-state index < -0.39 is 15.8 Å². The van der Waals surface area contributed by atoms with Crippen LogP contribution in [0.25, 0.3) is 0 Å². The highest BCUT2D eigenvalue weighted by Gasteiger charge is 2.12. The summed E-state index contributed by atoms with van der Waals surface area (Å²) in [6.07, 6.45) is 1.88. The van der Waals surface area contributed by atoms with Crippen LogP contribution in [0.2, 0.25) is 0 Å². The van der Waals surface area contributed by atoms with Gasteiger partial charge in [0.2, 0.25) is 10.0 Å². The quantitative estimate of drug-likeness (QED) is 0.823. The molecular formula is C13H14FN3O2S. The number of aromatic nitrogens is 1. The molecule has 0 saturated carbocycles. The molecule has 0 aliphatic rings. The van der Waals surface area contributed by atoms with Gasteiger partial charge in [0, 0.05) is 24.0 Å². The minimum Gasteiger partial charge on any atom is -0.399 e. The van der Waals surface area contributed by atoms with Crippen molar-refractivity contribution in [2.45, 2.75) is 6.42 Å². The van der Waals surface area contributed by atoms with E-state index in [0.29, 0.717) is 5.69 Å². The fourth-order valence-corrected chi connectivity index (χ4v) is 2.74. The lowest BCUT2D eigenvalue weighted by molar-refractivity contribution is 0.600. The Morgan fingerprint density at radius 1 is 1.25 bits per heavy atom. The van der Waals surface area contributed by atoms with E-state index in [2.05, 4.69) is 9.71 Å². The average Bonchev–Trinajstić information content (AvgIpc) is 2.36. The second-order valence-corrected chi connectivity index (χ2v) is 6.11. The summed E-state index contributed by atoms with van der Waals surface area (Å²) in [5.74, 6) is -0.729. The van der Waals surface area contributed by atoms with Crippen molar-refractivity contribution in [1.82, 2.24) is 4.98 Å². The number of hydrogen-bond donors (Lipinski definition) is 2. The van der Waals surface area contributed by atoms with Crippen molar-refractivity contribution < 1.29 is 12.8 Å². The molecule has 3 N–H and O–H groups in total. The topological polar surface area (TPSA) is 85.1 Å². The molecule has 0 amide bonds. The number of nitrogen functional groups attached to an aromatic ring is 1. The number of hydrogen-bond acceptors (Lipinski definition) is 4.